The largest absolute Gasteiger partial charge is 0.495 e. The number of aromatic nitrogens is 2. The van der Waals surface area contributed by atoms with E-state index in [-0.39, 0.29) is 23.6 Å². The molecule has 1 amide bonds. The summed E-state index contributed by atoms with van der Waals surface area (Å²) < 4.78 is 58.5. The summed E-state index contributed by atoms with van der Waals surface area (Å²) in [6.07, 6.45) is -4.93. The van der Waals surface area contributed by atoms with Crippen LogP contribution in [0.4, 0.5) is 24.7 Å². The van der Waals surface area contributed by atoms with Crippen molar-refractivity contribution in [2.24, 2.45) is 0 Å². The molecule has 2 atom stereocenters. The van der Waals surface area contributed by atoms with Crippen LogP contribution in [0.5, 0.6) is 17.2 Å². The summed E-state index contributed by atoms with van der Waals surface area (Å²) in [7, 11) is 4.34. The number of carbonyl (C=O) groups excluding carboxylic acids is 1. The standard InChI is InChI=1S/C23H22ClF3N4O4/c1-33-17-7-5-13(24)9-15(17)29-22(32)16-11-21-28-14(10-20(23(25,26)27)31(21)30-16)12-4-6-18(34-2)19(8-12)35-3/h4-9,11,14,20,28H,10H2,1-3H3,(H,29,32)/t14-,20+/m0/s1. The number of amides is 1. The molecule has 0 spiro atoms. The molecule has 3 aromatic rings. The fraction of sp³-hybridized carbons (Fsp3) is 0.304. The van der Waals surface area contributed by atoms with Gasteiger partial charge in [-0.15, -0.1) is 0 Å². The van der Waals surface area contributed by atoms with Gasteiger partial charge in [0.1, 0.15) is 11.6 Å². The minimum absolute atomic E-state index is 0.0570. The van der Waals surface area contributed by atoms with Gasteiger partial charge in [0.25, 0.3) is 5.91 Å². The highest BCUT2D eigenvalue weighted by atomic mass is 35.5. The van der Waals surface area contributed by atoms with Crippen molar-refractivity contribution < 1.29 is 32.2 Å². The number of fused-ring (bicyclic) bond motifs is 1. The number of anilines is 2. The summed E-state index contributed by atoms with van der Waals surface area (Å²) >= 11 is 5.99. The number of ether oxygens (including phenoxy) is 3. The maximum atomic E-state index is 14.0. The Morgan fingerprint density at radius 3 is 2.40 bits per heavy atom. The molecule has 35 heavy (non-hydrogen) atoms. The highest BCUT2D eigenvalue weighted by Crippen LogP contribution is 2.44. The zero-order valence-corrected chi connectivity index (χ0v) is 19.7. The van der Waals surface area contributed by atoms with Gasteiger partial charge in [-0.3, -0.25) is 4.79 Å². The summed E-state index contributed by atoms with van der Waals surface area (Å²) in [5.41, 5.74) is 0.635. The number of alkyl halides is 3. The van der Waals surface area contributed by atoms with Gasteiger partial charge < -0.3 is 24.8 Å². The number of nitrogens with zero attached hydrogens (tertiary/aromatic N) is 2. The van der Waals surface area contributed by atoms with E-state index in [0.717, 1.165) is 4.68 Å². The molecule has 1 aromatic heterocycles. The Labute approximate surface area is 203 Å². The molecule has 12 heteroatoms. The lowest BCUT2D eigenvalue weighted by molar-refractivity contribution is -0.173. The molecule has 4 rings (SSSR count). The second-order valence-electron chi connectivity index (χ2n) is 7.76. The third kappa shape index (κ3) is 4.95. The summed E-state index contributed by atoms with van der Waals surface area (Å²) in [5.74, 6) is 0.538. The maximum absolute atomic E-state index is 14.0. The fourth-order valence-corrected chi connectivity index (χ4v) is 4.11. The second kappa shape index (κ2) is 9.57. The minimum Gasteiger partial charge on any atom is -0.495 e. The predicted molar refractivity (Wildman–Crippen MR) is 124 cm³/mol. The third-order valence-electron chi connectivity index (χ3n) is 5.64. The lowest BCUT2D eigenvalue weighted by Crippen LogP contribution is -2.35. The Balaban J connectivity index is 1.66. The fourth-order valence-electron chi connectivity index (χ4n) is 3.94. The average molecular weight is 511 g/mol. The first kappa shape index (κ1) is 24.5. The Morgan fingerprint density at radius 1 is 1.06 bits per heavy atom. The molecule has 2 heterocycles. The number of hydrogen-bond acceptors (Lipinski definition) is 6. The van der Waals surface area contributed by atoms with Gasteiger partial charge in [0.2, 0.25) is 0 Å². The highest BCUT2D eigenvalue weighted by Gasteiger charge is 2.47. The van der Waals surface area contributed by atoms with Crippen molar-refractivity contribution in [2.75, 3.05) is 32.0 Å². The van der Waals surface area contributed by atoms with Crippen LogP contribution in [-0.4, -0.2) is 43.2 Å². The van der Waals surface area contributed by atoms with Crippen LogP contribution < -0.4 is 24.8 Å². The molecule has 186 valence electrons. The van der Waals surface area contributed by atoms with E-state index in [1.165, 1.54) is 33.5 Å². The first-order valence-corrected chi connectivity index (χ1v) is 10.8. The van der Waals surface area contributed by atoms with Crippen LogP contribution in [-0.2, 0) is 0 Å². The van der Waals surface area contributed by atoms with Gasteiger partial charge in [0.05, 0.1) is 33.1 Å². The van der Waals surface area contributed by atoms with Crippen LogP contribution in [0.2, 0.25) is 5.02 Å². The van der Waals surface area contributed by atoms with Crippen LogP contribution >= 0.6 is 11.6 Å². The Hall–Kier alpha value is -3.60. The molecular weight excluding hydrogens is 489 g/mol. The van der Waals surface area contributed by atoms with Crippen LogP contribution in [0.3, 0.4) is 0 Å². The third-order valence-corrected chi connectivity index (χ3v) is 5.88. The van der Waals surface area contributed by atoms with Gasteiger partial charge in [-0.25, -0.2) is 4.68 Å². The minimum atomic E-state index is -4.60. The summed E-state index contributed by atoms with van der Waals surface area (Å²) in [4.78, 5) is 12.8. The van der Waals surface area contributed by atoms with Crippen molar-refractivity contribution in [1.29, 1.82) is 0 Å². The normalized spacial score (nSPS) is 17.2. The van der Waals surface area contributed by atoms with Crippen LogP contribution in [0.1, 0.15) is 34.6 Å². The van der Waals surface area contributed by atoms with Crippen LogP contribution in [0.15, 0.2) is 42.5 Å². The van der Waals surface area contributed by atoms with E-state index < -0.39 is 24.2 Å². The number of nitrogens with one attached hydrogen (secondary N) is 2. The van der Waals surface area contributed by atoms with E-state index in [1.54, 1.807) is 30.3 Å². The molecule has 0 bridgehead atoms. The van der Waals surface area contributed by atoms with E-state index in [0.29, 0.717) is 27.8 Å². The van der Waals surface area contributed by atoms with Crippen molar-refractivity contribution in [3.8, 4) is 17.2 Å². The number of benzene rings is 2. The van der Waals surface area contributed by atoms with Gasteiger partial charge in [-0.1, -0.05) is 17.7 Å². The summed E-state index contributed by atoms with van der Waals surface area (Å²) in [6, 6.07) is 8.14. The van der Waals surface area contributed by atoms with Crippen molar-refractivity contribution in [3.63, 3.8) is 0 Å². The molecule has 2 aromatic carbocycles. The quantitative estimate of drug-likeness (QED) is 0.457. The number of methoxy groups -OCH3 is 3. The van der Waals surface area contributed by atoms with Crippen molar-refractivity contribution >= 4 is 29.0 Å². The van der Waals surface area contributed by atoms with Gasteiger partial charge in [0, 0.05) is 17.5 Å². The Kier molecular flexibility index (Phi) is 6.70. The van der Waals surface area contributed by atoms with Gasteiger partial charge in [-0.2, -0.15) is 18.3 Å². The van der Waals surface area contributed by atoms with Crippen LogP contribution in [0, 0.1) is 0 Å². The van der Waals surface area contributed by atoms with Gasteiger partial charge >= 0.3 is 6.18 Å². The number of carbonyl (C=O) groups is 1. The predicted octanol–water partition coefficient (Wildman–Crippen LogP) is 5.47. The highest BCUT2D eigenvalue weighted by molar-refractivity contribution is 6.31. The monoisotopic (exact) mass is 510 g/mol. The Morgan fingerprint density at radius 2 is 1.74 bits per heavy atom. The SMILES string of the molecule is COc1ccc(Cl)cc1NC(=O)c1cc2n(n1)[C@@H](C(F)(F)F)C[C@@H](c1ccc(OC)c(OC)c1)N2. The summed E-state index contributed by atoms with van der Waals surface area (Å²) in [5, 5.41) is 9.96. The maximum Gasteiger partial charge on any atom is 0.410 e. The number of halogens is 4. The van der Waals surface area contributed by atoms with E-state index >= 15 is 0 Å². The van der Waals surface area contributed by atoms with Crippen molar-refractivity contribution in [3.05, 3.63) is 58.7 Å². The average Bonchev–Trinajstić information content (AvgIpc) is 3.27. The molecule has 0 fully saturated rings. The molecule has 0 aliphatic carbocycles. The smallest absolute Gasteiger partial charge is 0.410 e. The van der Waals surface area contributed by atoms with Crippen molar-refractivity contribution in [1.82, 2.24) is 9.78 Å². The molecule has 1 aliphatic rings. The molecular formula is C23H22ClF3N4O4. The second-order valence-corrected chi connectivity index (χ2v) is 8.20. The molecule has 0 saturated heterocycles. The molecule has 1 aliphatic heterocycles. The topological polar surface area (TPSA) is 86.6 Å². The zero-order chi connectivity index (χ0) is 25.3. The summed E-state index contributed by atoms with van der Waals surface area (Å²) in [6.45, 7) is 0. The number of rotatable bonds is 6. The van der Waals surface area contributed by atoms with Crippen LogP contribution in [0.25, 0.3) is 0 Å². The van der Waals surface area contributed by atoms with E-state index in [1.807, 2.05) is 0 Å². The molecule has 2 N–H and O–H groups in total. The van der Waals surface area contributed by atoms with E-state index in [4.69, 9.17) is 25.8 Å². The first-order valence-electron chi connectivity index (χ1n) is 10.4. The van der Waals surface area contributed by atoms with Crippen molar-refractivity contribution in [2.45, 2.75) is 24.7 Å². The van der Waals surface area contributed by atoms with Gasteiger partial charge in [-0.05, 0) is 35.9 Å². The zero-order valence-electron chi connectivity index (χ0n) is 18.9. The molecule has 0 unspecified atom stereocenters. The first-order chi connectivity index (χ1) is 16.6. The van der Waals surface area contributed by atoms with E-state index in [2.05, 4.69) is 15.7 Å². The lowest BCUT2D eigenvalue weighted by Gasteiger charge is -2.33. The Bertz CT molecular complexity index is 1250. The van der Waals surface area contributed by atoms with Gasteiger partial charge in [0.15, 0.2) is 23.2 Å². The molecule has 0 radical (unpaired) electrons. The van der Waals surface area contributed by atoms with E-state index in [9.17, 15) is 18.0 Å². The molecule has 0 saturated carbocycles. The lowest BCUT2D eigenvalue weighted by atomic mass is 9.96. The number of hydrogen-bond donors (Lipinski definition) is 2. The molecule has 8 nitrogen and oxygen atoms in total.